The standard InChI is InChI=1S/C16H21F3N4O2S/c1-20-15(21-6-3-8-24-10-12-4-2-9-25-12)22-7-5-14-23-13(11-26-14)16(17,18)19/h2,4,9,11H,3,5-8,10H2,1H3,(H2,20,21,22). The molecule has 6 nitrogen and oxygen atoms in total. The van der Waals surface area contributed by atoms with Crippen LogP contribution in [0.3, 0.4) is 0 Å². The van der Waals surface area contributed by atoms with E-state index < -0.39 is 11.9 Å². The summed E-state index contributed by atoms with van der Waals surface area (Å²) in [5.74, 6) is 1.37. The molecule has 0 radical (unpaired) electrons. The SMILES string of the molecule is CN=C(NCCCOCc1ccco1)NCCc1nc(C(F)(F)F)cs1. The number of nitrogens with one attached hydrogen (secondary N) is 2. The summed E-state index contributed by atoms with van der Waals surface area (Å²) in [4.78, 5) is 7.65. The summed E-state index contributed by atoms with van der Waals surface area (Å²) in [5, 5.41) is 7.63. The number of thiazole rings is 1. The Morgan fingerprint density at radius 2 is 2.15 bits per heavy atom. The molecular formula is C16H21F3N4O2S. The van der Waals surface area contributed by atoms with Gasteiger partial charge in [0, 0.05) is 38.5 Å². The van der Waals surface area contributed by atoms with Crippen LogP contribution in [-0.4, -0.2) is 37.7 Å². The lowest BCUT2D eigenvalue weighted by molar-refractivity contribution is -0.140. The summed E-state index contributed by atoms with van der Waals surface area (Å²) < 4.78 is 48.1. The number of furan rings is 1. The molecule has 2 heterocycles. The Morgan fingerprint density at radius 3 is 2.81 bits per heavy atom. The topological polar surface area (TPSA) is 71.7 Å². The number of alkyl halides is 3. The molecule has 26 heavy (non-hydrogen) atoms. The van der Waals surface area contributed by atoms with E-state index in [1.807, 2.05) is 12.1 Å². The second-order valence-electron chi connectivity index (χ2n) is 5.29. The number of hydrogen-bond donors (Lipinski definition) is 2. The van der Waals surface area contributed by atoms with Gasteiger partial charge >= 0.3 is 6.18 Å². The second-order valence-corrected chi connectivity index (χ2v) is 6.23. The van der Waals surface area contributed by atoms with E-state index in [-0.39, 0.29) is 0 Å². The predicted molar refractivity (Wildman–Crippen MR) is 93.2 cm³/mol. The second kappa shape index (κ2) is 10.2. The number of guanidine groups is 1. The summed E-state index contributed by atoms with van der Waals surface area (Å²) >= 11 is 1.01. The van der Waals surface area contributed by atoms with Crippen LogP contribution in [0.4, 0.5) is 13.2 Å². The predicted octanol–water partition coefficient (Wildman–Crippen LogP) is 3.07. The third kappa shape index (κ3) is 7.04. The molecule has 0 saturated carbocycles. The molecule has 0 atom stereocenters. The van der Waals surface area contributed by atoms with Gasteiger partial charge in [-0.15, -0.1) is 11.3 Å². The van der Waals surface area contributed by atoms with Gasteiger partial charge in [0.05, 0.1) is 11.3 Å². The fraction of sp³-hybridized carbons (Fsp3) is 0.500. The maximum atomic E-state index is 12.5. The van der Waals surface area contributed by atoms with Crippen LogP contribution in [0.1, 0.15) is 22.9 Å². The van der Waals surface area contributed by atoms with Crippen molar-refractivity contribution in [1.29, 1.82) is 0 Å². The first-order chi connectivity index (χ1) is 12.5. The Morgan fingerprint density at radius 1 is 1.35 bits per heavy atom. The van der Waals surface area contributed by atoms with Crippen LogP contribution in [-0.2, 0) is 23.9 Å². The van der Waals surface area contributed by atoms with E-state index in [0.717, 1.165) is 28.9 Å². The Hall–Kier alpha value is -2.07. The first-order valence-electron chi connectivity index (χ1n) is 8.05. The lowest BCUT2D eigenvalue weighted by Gasteiger charge is -2.11. The molecular weight excluding hydrogens is 369 g/mol. The number of halogens is 3. The summed E-state index contributed by atoms with van der Waals surface area (Å²) in [6.07, 6.45) is -1.61. The highest BCUT2D eigenvalue weighted by Crippen LogP contribution is 2.29. The van der Waals surface area contributed by atoms with Gasteiger partial charge in [-0.2, -0.15) is 13.2 Å². The van der Waals surface area contributed by atoms with E-state index in [9.17, 15) is 13.2 Å². The van der Waals surface area contributed by atoms with Gasteiger partial charge in [-0.3, -0.25) is 4.99 Å². The van der Waals surface area contributed by atoms with Crippen molar-refractivity contribution < 1.29 is 22.3 Å². The van der Waals surface area contributed by atoms with Crippen LogP contribution in [0, 0.1) is 0 Å². The number of hydrogen-bond acceptors (Lipinski definition) is 5. The highest BCUT2D eigenvalue weighted by atomic mass is 32.1. The van der Waals surface area contributed by atoms with Crippen LogP contribution >= 0.6 is 11.3 Å². The van der Waals surface area contributed by atoms with E-state index in [4.69, 9.17) is 9.15 Å². The van der Waals surface area contributed by atoms with Gasteiger partial charge in [-0.25, -0.2) is 4.98 Å². The van der Waals surface area contributed by atoms with Gasteiger partial charge < -0.3 is 19.8 Å². The van der Waals surface area contributed by atoms with E-state index >= 15 is 0 Å². The zero-order valence-corrected chi connectivity index (χ0v) is 15.1. The molecule has 0 amide bonds. The molecule has 0 saturated heterocycles. The fourth-order valence-corrected chi connectivity index (χ4v) is 2.82. The van der Waals surface area contributed by atoms with Crippen molar-refractivity contribution in [2.45, 2.75) is 25.6 Å². The van der Waals surface area contributed by atoms with Crippen LogP contribution in [0.25, 0.3) is 0 Å². The summed E-state index contributed by atoms with van der Waals surface area (Å²) in [7, 11) is 1.63. The smallest absolute Gasteiger partial charge is 0.434 e. The molecule has 0 aliphatic carbocycles. The summed E-state index contributed by atoms with van der Waals surface area (Å²) in [5.41, 5.74) is -0.838. The number of nitrogens with zero attached hydrogens (tertiary/aromatic N) is 2. The number of ether oxygens (including phenoxy) is 1. The van der Waals surface area contributed by atoms with E-state index in [0.29, 0.717) is 43.7 Å². The molecule has 0 aliphatic heterocycles. The molecule has 0 fully saturated rings. The van der Waals surface area contributed by atoms with E-state index in [2.05, 4.69) is 20.6 Å². The summed E-state index contributed by atoms with van der Waals surface area (Å²) in [6.45, 7) is 2.12. The molecule has 0 aromatic carbocycles. The number of aromatic nitrogens is 1. The minimum atomic E-state index is -4.39. The Balaban J connectivity index is 1.57. The minimum Gasteiger partial charge on any atom is -0.467 e. The van der Waals surface area contributed by atoms with E-state index in [1.54, 1.807) is 13.3 Å². The lowest BCUT2D eigenvalue weighted by Crippen LogP contribution is -2.39. The van der Waals surface area contributed by atoms with Crippen molar-refractivity contribution >= 4 is 17.3 Å². The van der Waals surface area contributed by atoms with Gasteiger partial charge in [-0.05, 0) is 18.6 Å². The molecule has 0 aliphatic rings. The molecule has 2 aromatic heterocycles. The maximum absolute atomic E-state index is 12.5. The molecule has 0 unspecified atom stereocenters. The van der Waals surface area contributed by atoms with Gasteiger partial charge in [0.1, 0.15) is 12.4 Å². The molecule has 2 N–H and O–H groups in total. The Kier molecular flexibility index (Phi) is 7.92. The third-order valence-electron chi connectivity index (χ3n) is 3.28. The molecule has 0 spiro atoms. The normalized spacial score (nSPS) is 12.4. The van der Waals surface area contributed by atoms with Crippen molar-refractivity contribution in [3.8, 4) is 0 Å². The highest BCUT2D eigenvalue weighted by molar-refractivity contribution is 7.09. The van der Waals surface area contributed by atoms with Crippen molar-refractivity contribution in [3.63, 3.8) is 0 Å². The van der Waals surface area contributed by atoms with Crippen LogP contribution < -0.4 is 10.6 Å². The Bertz CT molecular complexity index is 671. The third-order valence-corrected chi connectivity index (χ3v) is 4.19. The minimum absolute atomic E-state index is 0.397. The molecule has 144 valence electrons. The van der Waals surface area contributed by atoms with Crippen molar-refractivity contribution in [2.24, 2.45) is 4.99 Å². The van der Waals surface area contributed by atoms with Crippen molar-refractivity contribution in [1.82, 2.24) is 15.6 Å². The molecule has 0 bridgehead atoms. The fourth-order valence-electron chi connectivity index (χ4n) is 2.01. The average molecular weight is 390 g/mol. The lowest BCUT2D eigenvalue weighted by atomic mass is 10.4. The quantitative estimate of drug-likeness (QED) is 0.391. The van der Waals surface area contributed by atoms with Gasteiger partial charge in [-0.1, -0.05) is 0 Å². The Labute approximate surface area is 153 Å². The zero-order chi connectivity index (χ0) is 18.8. The first kappa shape index (κ1) is 20.2. The van der Waals surface area contributed by atoms with Crippen LogP contribution in [0.2, 0.25) is 0 Å². The number of rotatable bonds is 9. The van der Waals surface area contributed by atoms with Gasteiger partial charge in [0.2, 0.25) is 0 Å². The molecule has 2 rings (SSSR count). The monoisotopic (exact) mass is 390 g/mol. The highest BCUT2D eigenvalue weighted by Gasteiger charge is 2.33. The molecule has 10 heteroatoms. The van der Waals surface area contributed by atoms with Gasteiger partial charge in [0.25, 0.3) is 0 Å². The molecule has 2 aromatic rings. The maximum Gasteiger partial charge on any atom is 0.434 e. The van der Waals surface area contributed by atoms with E-state index in [1.165, 1.54) is 0 Å². The zero-order valence-electron chi connectivity index (χ0n) is 14.3. The first-order valence-corrected chi connectivity index (χ1v) is 8.93. The largest absolute Gasteiger partial charge is 0.467 e. The van der Waals surface area contributed by atoms with Crippen LogP contribution in [0.15, 0.2) is 33.2 Å². The van der Waals surface area contributed by atoms with Crippen molar-refractivity contribution in [2.75, 3.05) is 26.7 Å². The van der Waals surface area contributed by atoms with Crippen LogP contribution in [0.5, 0.6) is 0 Å². The number of aliphatic imine (C=N–C) groups is 1. The summed E-state index contributed by atoms with van der Waals surface area (Å²) in [6, 6.07) is 3.66. The van der Waals surface area contributed by atoms with Gasteiger partial charge in [0.15, 0.2) is 11.7 Å². The average Bonchev–Trinajstić information content (AvgIpc) is 3.27. The van der Waals surface area contributed by atoms with Crippen molar-refractivity contribution in [3.05, 3.63) is 40.2 Å².